The second-order valence-electron chi connectivity index (χ2n) is 4.92. The van der Waals surface area contributed by atoms with Gasteiger partial charge in [-0.25, -0.2) is 0 Å². The van der Waals surface area contributed by atoms with E-state index in [9.17, 15) is 4.79 Å². The molecule has 1 saturated heterocycles. The molecule has 1 fully saturated rings. The fourth-order valence-corrected chi connectivity index (χ4v) is 2.62. The van der Waals surface area contributed by atoms with Gasteiger partial charge in [0.25, 0.3) is 5.91 Å². The van der Waals surface area contributed by atoms with Gasteiger partial charge in [-0.2, -0.15) is 0 Å². The number of hydrogen-bond acceptors (Lipinski definition) is 4. The lowest BCUT2D eigenvalue weighted by molar-refractivity contribution is 0.0691. The third-order valence-electron chi connectivity index (χ3n) is 3.76. The van der Waals surface area contributed by atoms with Gasteiger partial charge in [0.05, 0.1) is 14.2 Å². The Labute approximate surface area is 119 Å². The van der Waals surface area contributed by atoms with Crippen molar-refractivity contribution in [2.75, 3.05) is 34.4 Å². The van der Waals surface area contributed by atoms with Crippen LogP contribution >= 0.6 is 0 Å². The highest BCUT2D eigenvalue weighted by molar-refractivity contribution is 5.99. The monoisotopic (exact) mass is 278 g/mol. The van der Waals surface area contributed by atoms with Crippen molar-refractivity contribution >= 4 is 5.91 Å². The first-order chi connectivity index (χ1) is 9.71. The molecule has 110 valence electrons. The van der Waals surface area contributed by atoms with Crippen molar-refractivity contribution in [3.63, 3.8) is 0 Å². The second kappa shape index (κ2) is 6.61. The van der Waals surface area contributed by atoms with Crippen molar-refractivity contribution < 1.29 is 14.3 Å². The van der Waals surface area contributed by atoms with Gasteiger partial charge in [0.1, 0.15) is 17.1 Å². The zero-order valence-electron chi connectivity index (χ0n) is 12.3. The van der Waals surface area contributed by atoms with Crippen LogP contribution < -0.4 is 14.8 Å². The first kappa shape index (κ1) is 14.7. The first-order valence-corrected chi connectivity index (χ1v) is 6.88. The molecule has 1 aromatic carbocycles. The number of likely N-dealkylation sites (N-methyl/N-ethyl adjacent to an activating group) is 1. The number of nitrogens with zero attached hydrogens (tertiary/aromatic N) is 1. The number of hydrogen-bond donors (Lipinski definition) is 1. The minimum absolute atomic E-state index is 0.0285. The van der Waals surface area contributed by atoms with Crippen LogP contribution in [0.2, 0.25) is 0 Å². The molecule has 5 nitrogen and oxygen atoms in total. The SMILES string of the molecule is CNC1CCCN(C(=O)c2c(OC)cccc2OC)C1. The molecule has 0 aromatic heterocycles. The summed E-state index contributed by atoms with van der Waals surface area (Å²) in [5.41, 5.74) is 0.509. The van der Waals surface area contributed by atoms with E-state index in [4.69, 9.17) is 9.47 Å². The van der Waals surface area contributed by atoms with E-state index in [1.54, 1.807) is 26.4 Å². The van der Waals surface area contributed by atoms with E-state index in [2.05, 4.69) is 5.32 Å². The fourth-order valence-electron chi connectivity index (χ4n) is 2.62. The number of likely N-dealkylation sites (tertiary alicyclic amines) is 1. The summed E-state index contributed by atoms with van der Waals surface area (Å²) < 4.78 is 10.6. The Morgan fingerprint density at radius 2 is 1.95 bits per heavy atom. The molecule has 1 aromatic rings. The number of methoxy groups -OCH3 is 2. The van der Waals surface area contributed by atoms with Crippen LogP contribution in [0.4, 0.5) is 0 Å². The minimum atomic E-state index is -0.0285. The van der Waals surface area contributed by atoms with Crippen LogP contribution in [-0.4, -0.2) is 51.2 Å². The number of ether oxygens (including phenoxy) is 2. The average Bonchev–Trinajstić information content (AvgIpc) is 2.53. The van der Waals surface area contributed by atoms with Crippen LogP contribution in [0.15, 0.2) is 18.2 Å². The van der Waals surface area contributed by atoms with Gasteiger partial charge < -0.3 is 19.7 Å². The van der Waals surface area contributed by atoms with Crippen molar-refractivity contribution in [2.24, 2.45) is 0 Å². The summed E-state index contributed by atoms with van der Waals surface area (Å²) in [7, 11) is 5.07. The summed E-state index contributed by atoms with van der Waals surface area (Å²) in [4.78, 5) is 14.6. The molecule has 1 amide bonds. The Balaban J connectivity index is 2.28. The maximum atomic E-state index is 12.8. The fraction of sp³-hybridized carbons (Fsp3) is 0.533. The molecule has 5 heteroatoms. The van der Waals surface area contributed by atoms with Gasteiger partial charge in [0.2, 0.25) is 0 Å². The molecule has 1 N–H and O–H groups in total. The predicted molar refractivity (Wildman–Crippen MR) is 77.5 cm³/mol. The molecule has 0 aliphatic carbocycles. The lowest BCUT2D eigenvalue weighted by Gasteiger charge is -2.33. The van der Waals surface area contributed by atoms with Gasteiger partial charge in [0, 0.05) is 19.1 Å². The van der Waals surface area contributed by atoms with Crippen LogP contribution in [-0.2, 0) is 0 Å². The Hall–Kier alpha value is -1.75. The Kier molecular flexibility index (Phi) is 4.84. The number of nitrogens with one attached hydrogen (secondary N) is 1. The molecule has 1 aliphatic rings. The summed E-state index contributed by atoms with van der Waals surface area (Å²) in [6, 6.07) is 5.75. The number of rotatable bonds is 4. The standard InChI is InChI=1S/C15H22N2O3/c1-16-11-6-5-9-17(10-11)15(18)14-12(19-2)7-4-8-13(14)20-3/h4,7-8,11,16H,5-6,9-10H2,1-3H3. The Bertz CT molecular complexity index is 454. The van der Waals surface area contributed by atoms with Crippen LogP contribution in [0.25, 0.3) is 0 Å². The molecular weight excluding hydrogens is 256 g/mol. The van der Waals surface area contributed by atoms with Gasteiger partial charge in [-0.05, 0) is 32.0 Å². The quantitative estimate of drug-likeness (QED) is 0.907. The molecule has 0 bridgehead atoms. The third kappa shape index (κ3) is 2.88. The molecular formula is C15H22N2O3. The summed E-state index contributed by atoms with van der Waals surface area (Å²) in [5, 5.41) is 3.24. The number of piperidine rings is 1. The van der Waals surface area contributed by atoms with Crippen LogP contribution in [0.5, 0.6) is 11.5 Å². The smallest absolute Gasteiger partial charge is 0.261 e. The first-order valence-electron chi connectivity index (χ1n) is 6.88. The number of carbonyl (C=O) groups excluding carboxylic acids is 1. The van der Waals surface area contributed by atoms with Crippen molar-refractivity contribution in [1.82, 2.24) is 10.2 Å². The highest BCUT2D eigenvalue weighted by Gasteiger charge is 2.27. The Morgan fingerprint density at radius 1 is 1.30 bits per heavy atom. The van der Waals surface area contributed by atoms with E-state index >= 15 is 0 Å². The molecule has 1 unspecified atom stereocenters. The van der Waals surface area contributed by atoms with Crippen molar-refractivity contribution in [3.05, 3.63) is 23.8 Å². The van der Waals surface area contributed by atoms with Crippen molar-refractivity contribution in [3.8, 4) is 11.5 Å². The number of carbonyl (C=O) groups is 1. The number of benzene rings is 1. The molecule has 2 rings (SSSR count). The zero-order chi connectivity index (χ0) is 14.5. The van der Waals surface area contributed by atoms with Gasteiger partial charge >= 0.3 is 0 Å². The van der Waals surface area contributed by atoms with Crippen LogP contribution in [0.1, 0.15) is 23.2 Å². The largest absolute Gasteiger partial charge is 0.496 e. The van der Waals surface area contributed by atoms with Crippen molar-refractivity contribution in [1.29, 1.82) is 0 Å². The highest BCUT2D eigenvalue weighted by atomic mass is 16.5. The topological polar surface area (TPSA) is 50.8 Å². The van der Waals surface area contributed by atoms with Gasteiger partial charge in [0.15, 0.2) is 0 Å². The summed E-state index contributed by atoms with van der Waals surface area (Å²) >= 11 is 0. The highest BCUT2D eigenvalue weighted by Crippen LogP contribution is 2.30. The summed E-state index contributed by atoms with van der Waals surface area (Å²) in [6.07, 6.45) is 2.11. The van der Waals surface area contributed by atoms with Gasteiger partial charge in [-0.15, -0.1) is 0 Å². The average molecular weight is 278 g/mol. The van der Waals surface area contributed by atoms with E-state index in [0.29, 0.717) is 23.1 Å². The van der Waals surface area contributed by atoms with Crippen LogP contribution in [0.3, 0.4) is 0 Å². The zero-order valence-corrected chi connectivity index (χ0v) is 12.3. The lowest BCUT2D eigenvalue weighted by atomic mass is 10.0. The molecule has 20 heavy (non-hydrogen) atoms. The molecule has 0 radical (unpaired) electrons. The number of amides is 1. The van der Waals surface area contributed by atoms with E-state index in [1.807, 2.05) is 18.0 Å². The summed E-state index contributed by atoms with van der Waals surface area (Å²) in [6.45, 7) is 1.49. The van der Waals surface area contributed by atoms with E-state index in [0.717, 1.165) is 25.9 Å². The Morgan fingerprint density at radius 3 is 2.50 bits per heavy atom. The van der Waals surface area contributed by atoms with Gasteiger partial charge in [-0.1, -0.05) is 6.07 Å². The van der Waals surface area contributed by atoms with Crippen LogP contribution in [0, 0.1) is 0 Å². The molecule has 1 aliphatic heterocycles. The summed E-state index contributed by atoms with van der Waals surface area (Å²) in [5.74, 6) is 1.08. The molecule has 0 spiro atoms. The maximum Gasteiger partial charge on any atom is 0.261 e. The lowest BCUT2D eigenvalue weighted by Crippen LogP contribution is -2.47. The molecule has 1 atom stereocenters. The van der Waals surface area contributed by atoms with E-state index in [-0.39, 0.29) is 5.91 Å². The minimum Gasteiger partial charge on any atom is -0.496 e. The molecule has 1 heterocycles. The van der Waals surface area contributed by atoms with Gasteiger partial charge in [-0.3, -0.25) is 4.79 Å². The van der Waals surface area contributed by atoms with E-state index in [1.165, 1.54) is 0 Å². The third-order valence-corrected chi connectivity index (χ3v) is 3.76. The second-order valence-corrected chi connectivity index (χ2v) is 4.92. The normalized spacial score (nSPS) is 18.8. The maximum absolute atomic E-state index is 12.8. The molecule has 0 saturated carbocycles. The van der Waals surface area contributed by atoms with E-state index < -0.39 is 0 Å². The predicted octanol–water partition coefficient (Wildman–Crippen LogP) is 1.53. The van der Waals surface area contributed by atoms with Crippen molar-refractivity contribution in [2.45, 2.75) is 18.9 Å².